The lowest BCUT2D eigenvalue weighted by Crippen LogP contribution is -2.46. The zero-order valence-electron chi connectivity index (χ0n) is 16.0. The molecule has 0 saturated carbocycles. The molecule has 4 rings (SSSR count). The summed E-state index contributed by atoms with van der Waals surface area (Å²) in [4.78, 5) is 48.0. The summed E-state index contributed by atoms with van der Waals surface area (Å²) in [6, 6.07) is 0. The average Bonchev–Trinajstić information content (AvgIpc) is 3.29. The second-order valence-electron chi connectivity index (χ2n) is 7.10. The zero-order valence-corrected chi connectivity index (χ0v) is 16.0. The highest BCUT2D eigenvalue weighted by Gasteiger charge is 2.28. The van der Waals surface area contributed by atoms with Crippen molar-refractivity contribution < 1.29 is 9.32 Å². The van der Waals surface area contributed by atoms with Crippen molar-refractivity contribution in [2.45, 2.75) is 32.2 Å². The topological polar surface area (TPSA) is 121 Å². The number of aryl methyl sites for hydroxylation is 3. The largest absolute Gasteiger partial charge is 0.341 e. The first-order valence-electron chi connectivity index (χ1n) is 9.05. The number of rotatable bonds is 3. The molecule has 0 aromatic carbocycles. The number of carbonyl (C=O) groups is 1. The molecule has 1 fully saturated rings. The summed E-state index contributed by atoms with van der Waals surface area (Å²) in [6.07, 6.45) is 2.86. The summed E-state index contributed by atoms with van der Waals surface area (Å²) in [5.74, 6) is 1.04. The van der Waals surface area contributed by atoms with E-state index in [0.29, 0.717) is 48.8 Å². The van der Waals surface area contributed by atoms with Crippen molar-refractivity contribution >= 4 is 17.1 Å². The van der Waals surface area contributed by atoms with Gasteiger partial charge >= 0.3 is 5.69 Å². The van der Waals surface area contributed by atoms with E-state index in [1.807, 2.05) is 0 Å². The summed E-state index contributed by atoms with van der Waals surface area (Å²) in [7, 11) is 3.22. The predicted octanol–water partition coefficient (Wildman–Crippen LogP) is -0.469. The molecule has 0 bridgehead atoms. The Hall–Kier alpha value is -3.24. The van der Waals surface area contributed by atoms with E-state index in [9.17, 15) is 14.4 Å². The average molecular weight is 387 g/mol. The van der Waals surface area contributed by atoms with Crippen molar-refractivity contribution in [1.82, 2.24) is 33.7 Å². The van der Waals surface area contributed by atoms with Crippen molar-refractivity contribution in [2.24, 2.45) is 14.1 Å². The Labute approximate surface area is 159 Å². The van der Waals surface area contributed by atoms with E-state index in [-0.39, 0.29) is 18.4 Å². The quantitative estimate of drug-likeness (QED) is 0.596. The maximum atomic E-state index is 12.7. The molecule has 28 heavy (non-hydrogen) atoms. The van der Waals surface area contributed by atoms with Crippen LogP contribution in [0.2, 0.25) is 0 Å². The molecule has 3 aromatic heterocycles. The second-order valence-corrected chi connectivity index (χ2v) is 7.10. The maximum absolute atomic E-state index is 12.7. The van der Waals surface area contributed by atoms with Crippen LogP contribution in [0.3, 0.4) is 0 Å². The molecule has 1 saturated heterocycles. The zero-order chi connectivity index (χ0) is 20.0. The first-order valence-corrected chi connectivity index (χ1v) is 9.05. The van der Waals surface area contributed by atoms with Crippen LogP contribution in [0.25, 0.3) is 11.2 Å². The van der Waals surface area contributed by atoms with Crippen LogP contribution in [0.15, 0.2) is 20.4 Å². The van der Waals surface area contributed by atoms with Crippen LogP contribution in [-0.2, 0) is 25.4 Å². The molecule has 11 nitrogen and oxygen atoms in total. The van der Waals surface area contributed by atoms with E-state index in [2.05, 4.69) is 15.1 Å². The number of nitrogens with zero attached hydrogens (tertiary/aromatic N) is 7. The molecule has 0 spiro atoms. The number of amides is 1. The Morgan fingerprint density at radius 1 is 1.25 bits per heavy atom. The highest BCUT2D eigenvalue weighted by atomic mass is 16.5. The summed E-state index contributed by atoms with van der Waals surface area (Å²) in [6.45, 7) is 2.49. The van der Waals surface area contributed by atoms with Gasteiger partial charge in [0.15, 0.2) is 17.0 Å². The molecule has 0 N–H and O–H groups in total. The van der Waals surface area contributed by atoms with Gasteiger partial charge in [0, 0.05) is 33.1 Å². The first kappa shape index (κ1) is 18.1. The number of hydrogen-bond acceptors (Lipinski definition) is 7. The molecule has 1 aliphatic rings. The first-order chi connectivity index (χ1) is 13.4. The monoisotopic (exact) mass is 387 g/mol. The van der Waals surface area contributed by atoms with Gasteiger partial charge < -0.3 is 14.0 Å². The van der Waals surface area contributed by atoms with Gasteiger partial charge in [-0.15, -0.1) is 0 Å². The fourth-order valence-electron chi connectivity index (χ4n) is 3.63. The normalized spacial score (nSPS) is 15.5. The predicted molar refractivity (Wildman–Crippen MR) is 97.8 cm³/mol. The van der Waals surface area contributed by atoms with Crippen molar-refractivity contribution in [3.05, 3.63) is 38.9 Å². The van der Waals surface area contributed by atoms with Crippen molar-refractivity contribution in [2.75, 3.05) is 13.1 Å². The van der Waals surface area contributed by atoms with Crippen LogP contribution < -0.4 is 11.2 Å². The summed E-state index contributed by atoms with van der Waals surface area (Å²) < 4.78 is 9.03. The van der Waals surface area contributed by atoms with Crippen molar-refractivity contribution in [3.63, 3.8) is 0 Å². The van der Waals surface area contributed by atoms with E-state index in [0.717, 1.165) is 4.57 Å². The molecular formula is C17H21N7O4. The van der Waals surface area contributed by atoms with E-state index in [1.165, 1.54) is 17.9 Å². The molecule has 11 heteroatoms. The smallest absolute Gasteiger partial charge is 0.332 e. The maximum Gasteiger partial charge on any atom is 0.332 e. The molecule has 0 atom stereocenters. The number of likely N-dealkylation sites (tertiary alicyclic amines) is 1. The van der Waals surface area contributed by atoms with Gasteiger partial charge in [-0.25, -0.2) is 14.3 Å². The summed E-state index contributed by atoms with van der Waals surface area (Å²) in [5.41, 5.74) is -0.472. The van der Waals surface area contributed by atoms with E-state index >= 15 is 0 Å². The van der Waals surface area contributed by atoms with Crippen LogP contribution >= 0.6 is 0 Å². The Morgan fingerprint density at radius 3 is 2.61 bits per heavy atom. The number of fused-ring (bicyclic) bond motifs is 1. The third kappa shape index (κ3) is 2.92. The van der Waals surface area contributed by atoms with E-state index in [1.54, 1.807) is 23.4 Å². The number of hydrogen-bond donors (Lipinski definition) is 0. The second kappa shape index (κ2) is 6.73. The van der Waals surface area contributed by atoms with Crippen LogP contribution in [0.1, 0.15) is 30.5 Å². The number of aromatic nitrogens is 6. The Balaban J connectivity index is 1.53. The standard InChI is InChI=1S/C17H21N7O4/c1-10-19-15(28-20-10)11-4-6-23(7-5-11)12(25)8-24-16(26)13-14(18-9-21(13)2)22(3)17(24)27/h9,11H,4-8H2,1-3H3. The minimum atomic E-state index is -0.555. The molecule has 0 unspecified atom stereocenters. The highest BCUT2D eigenvalue weighted by Crippen LogP contribution is 2.26. The SMILES string of the molecule is Cc1noc(C2CCN(C(=O)Cn3c(=O)c4c(ncn4C)n(C)c3=O)CC2)n1. The lowest BCUT2D eigenvalue weighted by atomic mass is 9.97. The minimum Gasteiger partial charge on any atom is -0.341 e. The molecular weight excluding hydrogens is 366 g/mol. The number of imidazole rings is 1. The summed E-state index contributed by atoms with van der Waals surface area (Å²) >= 11 is 0. The molecule has 4 heterocycles. The van der Waals surface area contributed by atoms with Gasteiger partial charge in [0.1, 0.15) is 6.54 Å². The van der Waals surface area contributed by atoms with Crippen molar-refractivity contribution in [3.8, 4) is 0 Å². The third-order valence-corrected chi connectivity index (χ3v) is 5.23. The van der Waals surface area contributed by atoms with Crippen LogP contribution in [0.5, 0.6) is 0 Å². The van der Waals surface area contributed by atoms with E-state index in [4.69, 9.17) is 4.52 Å². The Morgan fingerprint density at radius 2 is 1.96 bits per heavy atom. The Bertz CT molecular complexity index is 1160. The van der Waals surface area contributed by atoms with Gasteiger partial charge in [-0.1, -0.05) is 5.16 Å². The number of carbonyl (C=O) groups excluding carboxylic acids is 1. The van der Waals surface area contributed by atoms with Crippen molar-refractivity contribution in [1.29, 1.82) is 0 Å². The summed E-state index contributed by atoms with van der Waals surface area (Å²) in [5, 5.41) is 3.81. The van der Waals surface area contributed by atoms with Gasteiger partial charge in [0.2, 0.25) is 11.8 Å². The van der Waals surface area contributed by atoms with Gasteiger partial charge in [-0.05, 0) is 19.8 Å². The van der Waals surface area contributed by atoms with Crippen LogP contribution in [-0.4, -0.2) is 52.7 Å². The minimum absolute atomic E-state index is 0.117. The molecule has 0 aliphatic carbocycles. The number of piperidine rings is 1. The van der Waals surface area contributed by atoms with Gasteiger partial charge in [-0.3, -0.25) is 14.2 Å². The van der Waals surface area contributed by atoms with Gasteiger partial charge in [0.25, 0.3) is 5.56 Å². The lowest BCUT2D eigenvalue weighted by Gasteiger charge is -2.30. The molecule has 1 aliphatic heterocycles. The van der Waals surface area contributed by atoms with Gasteiger partial charge in [0.05, 0.1) is 6.33 Å². The fraction of sp³-hybridized carbons (Fsp3) is 0.529. The molecule has 148 valence electrons. The third-order valence-electron chi connectivity index (χ3n) is 5.23. The molecule has 0 radical (unpaired) electrons. The van der Waals surface area contributed by atoms with E-state index < -0.39 is 11.2 Å². The van der Waals surface area contributed by atoms with Gasteiger partial charge in [-0.2, -0.15) is 4.98 Å². The highest BCUT2D eigenvalue weighted by molar-refractivity contribution is 5.77. The fourth-order valence-corrected chi connectivity index (χ4v) is 3.63. The molecule has 1 amide bonds. The lowest BCUT2D eigenvalue weighted by molar-refractivity contribution is -0.133. The molecule has 3 aromatic rings. The van der Waals surface area contributed by atoms with Crippen LogP contribution in [0, 0.1) is 6.92 Å². The van der Waals surface area contributed by atoms with Crippen LogP contribution in [0.4, 0.5) is 0 Å². The Kier molecular flexibility index (Phi) is 4.36.